The molecular weight excluding hydrogens is 318 g/mol. The van der Waals surface area contributed by atoms with E-state index >= 15 is 0 Å². The number of nitrogens with one attached hydrogen (secondary N) is 1. The fourth-order valence-electron chi connectivity index (χ4n) is 2.15. The van der Waals surface area contributed by atoms with Crippen LogP contribution >= 0.6 is 34.3 Å². The molecule has 0 amide bonds. The van der Waals surface area contributed by atoms with Crippen molar-refractivity contribution in [2.45, 2.75) is 19.5 Å². The molecule has 2 aromatic heterocycles. The van der Waals surface area contributed by atoms with Gasteiger partial charge in [-0.25, -0.2) is 0 Å². The van der Waals surface area contributed by atoms with E-state index < -0.39 is 0 Å². The standard InChI is InChI=1S/C17H16ClNS2/c1-12(15-9-10-17(18)21-15)19-11-14-7-8-16(20-14)13-5-3-2-4-6-13/h2-10,12,19H,11H2,1H3. The summed E-state index contributed by atoms with van der Waals surface area (Å²) in [6.45, 7) is 3.06. The van der Waals surface area contributed by atoms with Crippen LogP contribution in [0.2, 0.25) is 4.34 Å². The fraction of sp³-hybridized carbons (Fsp3) is 0.176. The van der Waals surface area contributed by atoms with E-state index in [0.29, 0.717) is 6.04 Å². The van der Waals surface area contributed by atoms with Crippen molar-refractivity contribution in [3.8, 4) is 10.4 Å². The summed E-state index contributed by atoms with van der Waals surface area (Å²) in [5, 5.41) is 3.56. The zero-order valence-electron chi connectivity index (χ0n) is 11.7. The van der Waals surface area contributed by atoms with Gasteiger partial charge in [0.2, 0.25) is 0 Å². The lowest BCUT2D eigenvalue weighted by Gasteiger charge is -2.10. The molecule has 3 aromatic rings. The van der Waals surface area contributed by atoms with E-state index in [1.165, 1.54) is 20.2 Å². The number of halogens is 1. The first kappa shape index (κ1) is 14.8. The van der Waals surface area contributed by atoms with E-state index in [2.05, 4.69) is 54.7 Å². The molecule has 2 heterocycles. The SMILES string of the molecule is CC(NCc1ccc(-c2ccccc2)s1)c1ccc(Cl)s1. The van der Waals surface area contributed by atoms with Crippen LogP contribution in [0.1, 0.15) is 22.7 Å². The normalized spacial score (nSPS) is 12.5. The van der Waals surface area contributed by atoms with Crippen LogP contribution in [0.3, 0.4) is 0 Å². The molecular formula is C17H16ClNS2. The van der Waals surface area contributed by atoms with Gasteiger partial charge in [0, 0.05) is 27.2 Å². The molecule has 0 saturated heterocycles. The van der Waals surface area contributed by atoms with Crippen molar-refractivity contribution in [3.63, 3.8) is 0 Å². The molecule has 4 heteroatoms. The van der Waals surface area contributed by atoms with Crippen molar-refractivity contribution >= 4 is 34.3 Å². The highest BCUT2D eigenvalue weighted by atomic mass is 35.5. The van der Waals surface area contributed by atoms with Gasteiger partial charge in [-0.15, -0.1) is 22.7 Å². The van der Waals surface area contributed by atoms with Crippen LogP contribution in [-0.4, -0.2) is 0 Å². The highest BCUT2D eigenvalue weighted by Gasteiger charge is 2.09. The lowest BCUT2D eigenvalue weighted by atomic mass is 10.2. The molecule has 0 radical (unpaired) electrons. The average molecular weight is 334 g/mol. The summed E-state index contributed by atoms with van der Waals surface area (Å²) in [4.78, 5) is 3.95. The molecule has 1 aromatic carbocycles. The van der Waals surface area contributed by atoms with Crippen molar-refractivity contribution in [1.29, 1.82) is 0 Å². The van der Waals surface area contributed by atoms with Crippen molar-refractivity contribution in [2.24, 2.45) is 0 Å². The van der Waals surface area contributed by atoms with Crippen molar-refractivity contribution in [2.75, 3.05) is 0 Å². The minimum absolute atomic E-state index is 0.324. The van der Waals surface area contributed by atoms with E-state index in [9.17, 15) is 0 Å². The first-order valence-corrected chi connectivity index (χ1v) is 8.86. The molecule has 1 nitrogen and oxygen atoms in total. The van der Waals surface area contributed by atoms with Crippen molar-refractivity contribution in [1.82, 2.24) is 5.32 Å². The van der Waals surface area contributed by atoms with Crippen LogP contribution in [0.25, 0.3) is 10.4 Å². The first-order chi connectivity index (χ1) is 10.2. The van der Waals surface area contributed by atoms with Gasteiger partial charge < -0.3 is 5.32 Å². The maximum absolute atomic E-state index is 5.99. The Labute approximate surface area is 138 Å². The number of hydrogen-bond donors (Lipinski definition) is 1. The second-order valence-electron chi connectivity index (χ2n) is 4.88. The first-order valence-electron chi connectivity index (χ1n) is 6.85. The van der Waals surface area contributed by atoms with Gasteiger partial charge in [-0.1, -0.05) is 41.9 Å². The maximum Gasteiger partial charge on any atom is 0.0931 e. The summed E-state index contributed by atoms with van der Waals surface area (Å²) in [5.74, 6) is 0. The van der Waals surface area contributed by atoms with Crippen LogP contribution in [0, 0.1) is 0 Å². The van der Waals surface area contributed by atoms with Crippen LogP contribution < -0.4 is 5.32 Å². The van der Waals surface area contributed by atoms with Gasteiger partial charge in [0.1, 0.15) is 0 Å². The minimum Gasteiger partial charge on any atom is -0.305 e. The van der Waals surface area contributed by atoms with E-state index in [0.717, 1.165) is 10.9 Å². The molecule has 0 aliphatic rings. The van der Waals surface area contributed by atoms with Crippen LogP contribution in [0.4, 0.5) is 0 Å². The molecule has 0 bridgehead atoms. The Bertz CT molecular complexity index is 702. The number of thiophene rings is 2. The monoisotopic (exact) mass is 333 g/mol. The van der Waals surface area contributed by atoms with E-state index in [1.54, 1.807) is 11.3 Å². The molecule has 0 aliphatic carbocycles. The molecule has 0 aliphatic heterocycles. The van der Waals surface area contributed by atoms with Gasteiger partial charge in [-0.2, -0.15) is 0 Å². The third-order valence-corrected chi connectivity index (χ3v) is 5.87. The molecule has 3 rings (SSSR count). The van der Waals surface area contributed by atoms with Gasteiger partial charge in [-0.05, 0) is 36.8 Å². The number of rotatable bonds is 5. The van der Waals surface area contributed by atoms with Crippen LogP contribution in [-0.2, 0) is 6.54 Å². The lowest BCUT2D eigenvalue weighted by Crippen LogP contribution is -2.16. The van der Waals surface area contributed by atoms with Crippen LogP contribution in [0.5, 0.6) is 0 Å². The Balaban J connectivity index is 1.63. The summed E-state index contributed by atoms with van der Waals surface area (Å²) in [6.07, 6.45) is 0. The second kappa shape index (κ2) is 6.75. The van der Waals surface area contributed by atoms with Gasteiger partial charge in [0.15, 0.2) is 0 Å². The lowest BCUT2D eigenvalue weighted by molar-refractivity contribution is 0.587. The van der Waals surface area contributed by atoms with Crippen molar-refractivity contribution in [3.05, 3.63) is 68.7 Å². The summed E-state index contributed by atoms with van der Waals surface area (Å²) < 4.78 is 0.848. The van der Waals surface area contributed by atoms with Gasteiger partial charge in [-0.3, -0.25) is 0 Å². The Morgan fingerprint density at radius 3 is 2.52 bits per heavy atom. The summed E-state index contributed by atoms with van der Waals surface area (Å²) in [5.41, 5.74) is 1.28. The summed E-state index contributed by atoms with van der Waals surface area (Å²) in [7, 11) is 0. The average Bonchev–Trinajstić information content (AvgIpc) is 3.15. The Hall–Kier alpha value is -1.13. The molecule has 0 fully saturated rings. The summed E-state index contributed by atoms with van der Waals surface area (Å²) in [6, 6.07) is 19.3. The molecule has 0 spiro atoms. The third-order valence-electron chi connectivity index (χ3n) is 3.32. The number of benzene rings is 1. The van der Waals surface area contributed by atoms with E-state index in [4.69, 9.17) is 11.6 Å². The van der Waals surface area contributed by atoms with E-state index in [1.807, 2.05) is 23.5 Å². The molecule has 1 atom stereocenters. The quantitative estimate of drug-likeness (QED) is 0.605. The molecule has 0 saturated carbocycles. The van der Waals surface area contributed by atoms with Gasteiger partial charge >= 0.3 is 0 Å². The smallest absolute Gasteiger partial charge is 0.0931 e. The fourth-order valence-corrected chi connectivity index (χ4v) is 4.20. The van der Waals surface area contributed by atoms with Gasteiger partial charge in [0.05, 0.1) is 4.34 Å². The van der Waals surface area contributed by atoms with Crippen LogP contribution in [0.15, 0.2) is 54.6 Å². The van der Waals surface area contributed by atoms with E-state index in [-0.39, 0.29) is 0 Å². The second-order valence-corrected chi connectivity index (χ2v) is 7.79. The van der Waals surface area contributed by atoms with Crippen molar-refractivity contribution < 1.29 is 0 Å². The predicted molar refractivity (Wildman–Crippen MR) is 94.3 cm³/mol. The van der Waals surface area contributed by atoms with Gasteiger partial charge in [0.25, 0.3) is 0 Å². The summed E-state index contributed by atoms with van der Waals surface area (Å²) >= 11 is 9.47. The molecule has 21 heavy (non-hydrogen) atoms. The zero-order chi connectivity index (χ0) is 14.7. The third kappa shape index (κ3) is 3.74. The highest BCUT2D eigenvalue weighted by Crippen LogP contribution is 2.29. The zero-order valence-corrected chi connectivity index (χ0v) is 14.1. The Morgan fingerprint density at radius 2 is 1.81 bits per heavy atom. The molecule has 1 unspecified atom stereocenters. The Kier molecular flexibility index (Phi) is 4.76. The minimum atomic E-state index is 0.324. The maximum atomic E-state index is 5.99. The molecule has 1 N–H and O–H groups in total. The Morgan fingerprint density at radius 1 is 1.00 bits per heavy atom. The molecule has 108 valence electrons. The highest BCUT2D eigenvalue weighted by molar-refractivity contribution is 7.16. The topological polar surface area (TPSA) is 12.0 Å². The largest absolute Gasteiger partial charge is 0.305 e. The predicted octanol–water partition coefficient (Wildman–Crippen LogP) is 5.98. The number of hydrogen-bond acceptors (Lipinski definition) is 3.